The minimum Gasteiger partial charge on any atom is -0.497 e. The molecule has 1 aliphatic heterocycles. The van der Waals surface area contributed by atoms with Crippen molar-refractivity contribution >= 4 is 44.8 Å². The average molecular weight is 443 g/mol. The third-order valence-corrected chi connectivity index (χ3v) is 6.31. The summed E-state index contributed by atoms with van der Waals surface area (Å²) in [5.74, 6) is -0.770. The summed E-state index contributed by atoms with van der Waals surface area (Å²) in [6.07, 6.45) is 0. The zero-order valence-electron chi connectivity index (χ0n) is 15.6. The molecule has 3 aromatic rings. The van der Waals surface area contributed by atoms with E-state index < -0.39 is 21.8 Å². The fourth-order valence-corrected chi connectivity index (χ4v) is 4.49. The van der Waals surface area contributed by atoms with Gasteiger partial charge in [-0.3, -0.25) is 14.3 Å². The lowest BCUT2D eigenvalue weighted by molar-refractivity contribution is 0.0926. The van der Waals surface area contributed by atoms with Crippen LogP contribution in [0.5, 0.6) is 5.75 Å². The molecule has 0 spiro atoms. The van der Waals surface area contributed by atoms with Crippen LogP contribution in [0.4, 0.5) is 11.4 Å². The molecular formula is C21H15ClN2O5S. The van der Waals surface area contributed by atoms with Crippen molar-refractivity contribution in [3.8, 4) is 5.75 Å². The van der Waals surface area contributed by atoms with Crippen molar-refractivity contribution in [2.45, 2.75) is 4.90 Å². The molecule has 0 unspecified atom stereocenters. The molecule has 0 aliphatic carbocycles. The van der Waals surface area contributed by atoms with Crippen LogP contribution in [-0.2, 0) is 10.0 Å². The molecule has 152 valence electrons. The second-order valence-corrected chi connectivity index (χ2v) is 8.50. The molecule has 4 rings (SSSR count). The van der Waals surface area contributed by atoms with Gasteiger partial charge in [-0.1, -0.05) is 29.8 Å². The molecule has 0 saturated heterocycles. The summed E-state index contributed by atoms with van der Waals surface area (Å²) >= 11 is 6.19. The third kappa shape index (κ3) is 3.30. The van der Waals surface area contributed by atoms with Gasteiger partial charge in [-0.15, -0.1) is 0 Å². The number of anilines is 2. The number of amides is 2. The summed E-state index contributed by atoms with van der Waals surface area (Å²) in [6, 6.07) is 16.9. The molecule has 1 heterocycles. The van der Waals surface area contributed by atoms with Crippen LogP contribution in [0.15, 0.2) is 71.6 Å². The van der Waals surface area contributed by atoms with Crippen LogP contribution in [0.1, 0.15) is 20.7 Å². The topological polar surface area (TPSA) is 92.8 Å². The number of nitrogens with one attached hydrogen (secondary N) is 1. The molecule has 0 fully saturated rings. The third-order valence-electron chi connectivity index (χ3n) is 4.62. The highest BCUT2D eigenvalue weighted by Crippen LogP contribution is 2.37. The number of nitrogens with zero attached hydrogens (tertiary/aromatic N) is 1. The van der Waals surface area contributed by atoms with Crippen LogP contribution in [0, 0.1) is 0 Å². The Bertz CT molecular complexity index is 1260. The number of benzene rings is 3. The Balaban J connectivity index is 1.76. The van der Waals surface area contributed by atoms with E-state index in [1.54, 1.807) is 30.3 Å². The number of carbonyl (C=O) groups excluding carboxylic acids is 2. The lowest BCUT2D eigenvalue weighted by atomic mass is 10.1. The number of methoxy groups -OCH3 is 1. The largest absolute Gasteiger partial charge is 0.497 e. The van der Waals surface area contributed by atoms with Crippen molar-refractivity contribution in [3.05, 3.63) is 82.9 Å². The smallest absolute Gasteiger partial charge is 0.268 e. The Labute approximate surface area is 177 Å². The van der Waals surface area contributed by atoms with Gasteiger partial charge in [0, 0.05) is 0 Å². The van der Waals surface area contributed by atoms with Gasteiger partial charge in [0.1, 0.15) is 5.75 Å². The van der Waals surface area contributed by atoms with Gasteiger partial charge in [-0.25, -0.2) is 13.3 Å². The van der Waals surface area contributed by atoms with Crippen LogP contribution in [0.2, 0.25) is 5.02 Å². The van der Waals surface area contributed by atoms with E-state index in [0.29, 0.717) is 11.4 Å². The SMILES string of the molecule is COc1ccc(S(=O)(=O)Nc2ccc(Cl)c3c2C(=O)N(c2ccccc2)C3=O)cc1. The summed E-state index contributed by atoms with van der Waals surface area (Å²) < 4.78 is 33.1. The predicted molar refractivity (Wildman–Crippen MR) is 113 cm³/mol. The van der Waals surface area contributed by atoms with E-state index in [2.05, 4.69) is 4.72 Å². The van der Waals surface area contributed by atoms with E-state index >= 15 is 0 Å². The van der Waals surface area contributed by atoms with E-state index in [1.807, 2.05) is 0 Å². The number of sulfonamides is 1. The van der Waals surface area contributed by atoms with Gasteiger partial charge in [0.25, 0.3) is 21.8 Å². The maximum Gasteiger partial charge on any atom is 0.268 e. The molecule has 30 heavy (non-hydrogen) atoms. The molecule has 1 aliphatic rings. The minimum atomic E-state index is -4.03. The fourth-order valence-electron chi connectivity index (χ4n) is 3.18. The maximum absolute atomic E-state index is 13.1. The fraction of sp³-hybridized carbons (Fsp3) is 0.0476. The monoisotopic (exact) mass is 442 g/mol. The van der Waals surface area contributed by atoms with Crippen molar-refractivity contribution in [2.75, 3.05) is 16.7 Å². The van der Waals surface area contributed by atoms with E-state index in [4.69, 9.17) is 16.3 Å². The molecule has 0 atom stereocenters. The number of fused-ring (bicyclic) bond motifs is 1. The quantitative estimate of drug-likeness (QED) is 0.604. The molecule has 7 nitrogen and oxygen atoms in total. The number of carbonyl (C=O) groups is 2. The van der Waals surface area contributed by atoms with Crippen LogP contribution in [-0.4, -0.2) is 27.3 Å². The number of imide groups is 1. The van der Waals surface area contributed by atoms with Gasteiger partial charge in [-0.2, -0.15) is 0 Å². The van der Waals surface area contributed by atoms with Gasteiger partial charge < -0.3 is 4.74 Å². The summed E-state index contributed by atoms with van der Waals surface area (Å²) in [7, 11) is -2.55. The minimum absolute atomic E-state index is 0.0244. The number of hydrogen-bond acceptors (Lipinski definition) is 5. The highest BCUT2D eigenvalue weighted by Gasteiger charge is 2.41. The zero-order chi connectivity index (χ0) is 21.5. The Morgan fingerprint density at radius 1 is 0.867 bits per heavy atom. The normalized spacial score (nSPS) is 13.3. The molecule has 0 aromatic heterocycles. The van der Waals surface area contributed by atoms with Crippen molar-refractivity contribution in [3.63, 3.8) is 0 Å². The summed E-state index contributed by atoms with van der Waals surface area (Å²) in [4.78, 5) is 26.9. The van der Waals surface area contributed by atoms with Gasteiger partial charge in [0.15, 0.2) is 0 Å². The zero-order valence-corrected chi connectivity index (χ0v) is 17.2. The van der Waals surface area contributed by atoms with Crippen molar-refractivity contribution in [2.24, 2.45) is 0 Å². The van der Waals surface area contributed by atoms with Gasteiger partial charge >= 0.3 is 0 Å². The number of ether oxygens (including phenoxy) is 1. The molecule has 9 heteroatoms. The summed E-state index contributed by atoms with van der Waals surface area (Å²) in [5, 5.41) is 0.0641. The Morgan fingerprint density at radius 2 is 1.50 bits per heavy atom. The number of rotatable bonds is 5. The lowest BCUT2D eigenvalue weighted by Crippen LogP contribution is -2.29. The van der Waals surface area contributed by atoms with E-state index in [-0.39, 0.29) is 26.7 Å². The summed E-state index contributed by atoms with van der Waals surface area (Å²) in [5.41, 5.74) is 0.208. The van der Waals surface area contributed by atoms with Crippen molar-refractivity contribution < 1.29 is 22.7 Å². The van der Waals surface area contributed by atoms with Crippen molar-refractivity contribution in [1.29, 1.82) is 0 Å². The van der Waals surface area contributed by atoms with Crippen LogP contribution < -0.4 is 14.4 Å². The first-order valence-electron chi connectivity index (χ1n) is 8.76. The van der Waals surface area contributed by atoms with Gasteiger partial charge in [-0.05, 0) is 48.5 Å². The van der Waals surface area contributed by atoms with Crippen LogP contribution in [0.25, 0.3) is 0 Å². The Hall–Kier alpha value is -3.36. The standard InChI is InChI=1S/C21H15ClN2O5S/c1-29-14-7-9-15(10-8-14)30(27,28)23-17-12-11-16(22)18-19(17)21(26)24(20(18)25)13-5-3-2-4-6-13/h2-12,23H,1H3. The highest BCUT2D eigenvalue weighted by atomic mass is 35.5. The molecule has 2 amide bonds. The van der Waals surface area contributed by atoms with Crippen LogP contribution in [0.3, 0.4) is 0 Å². The van der Waals surface area contributed by atoms with Crippen LogP contribution >= 0.6 is 11.6 Å². The molecule has 0 radical (unpaired) electrons. The lowest BCUT2D eigenvalue weighted by Gasteiger charge is -2.14. The first-order chi connectivity index (χ1) is 14.3. The van der Waals surface area contributed by atoms with Gasteiger partial charge in [0.2, 0.25) is 0 Å². The average Bonchev–Trinajstić information content (AvgIpc) is 3.02. The molecule has 0 bridgehead atoms. The van der Waals surface area contributed by atoms with E-state index in [9.17, 15) is 18.0 Å². The second-order valence-electron chi connectivity index (χ2n) is 6.41. The molecule has 3 aromatic carbocycles. The van der Waals surface area contributed by atoms with Crippen molar-refractivity contribution in [1.82, 2.24) is 0 Å². The highest BCUT2D eigenvalue weighted by molar-refractivity contribution is 7.92. The summed E-state index contributed by atoms with van der Waals surface area (Å²) in [6.45, 7) is 0. The second kappa shape index (κ2) is 7.47. The number of hydrogen-bond donors (Lipinski definition) is 1. The van der Waals surface area contributed by atoms with E-state index in [0.717, 1.165) is 4.90 Å². The Morgan fingerprint density at radius 3 is 2.13 bits per heavy atom. The van der Waals surface area contributed by atoms with Gasteiger partial charge in [0.05, 0.1) is 39.5 Å². The molecule has 1 N–H and O–H groups in total. The predicted octanol–water partition coefficient (Wildman–Crippen LogP) is 3.95. The molecular weight excluding hydrogens is 428 g/mol. The Kier molecular flexibility index (Phi) is 4.97. The first-order valence-corrected chi connectivity index (χ1v) is 10.6. The number of para-hydroxylation sites is 1. The van der Waals surface area contributed by atoms with E-state index in [1.165, 1.54) is 43.5 Å². The molecule has 0 saturated carbocycles. The maximum atomic E-state index is 13.1. The first kappa shape index (κ1) is 19.9. The number of halogens is 1.